The van der Waals surface area contributed by atoms with Gasteiger partial charge in [-0.25, -0.2) is 0 Å². The molecule has 3 aromatic carbocycles. The molecular weight excluding hydrogens is 444 g/mol. The van der Waals surface area contributed by atoms with E-state index in [1.165, 1.54) is 0 Å². The number of furan rings is 1. The Morgan fingerprint density at radius 3 is 2.49 bits per heavy atom. The number of para-hydroxylation sites is 2. The molecule has 0 aliphatic rings. The molecule has 1 heterocycles. The first-order valence-electron chi connectivity index (χ1n) is 11.2. The first-order valence-corrected chi connectivity index (χ1v) is 11.2. The van der Waals surface area contributed by atoms with Crippen LogP contribution in [0.5, 0.6) is 5.75 Å². The molecule has 0 saturated carbocycles. The number of hydrogen-bond donors (Lipinski definition) is 3. The molecule has 0 unspecified atom stereocenters. The molecular formula is C27H28N4O4. The summed E-state index contributed by atoms with van der Waals surface area (Å²) in [5.41, 5.74) is 9.21. The predicted octanol–water partition coefficient (Wildman–Crippen LogP) is 4.14. The Hall–Kier alpha value is -4.30. The highest BCUT2D eigenvalue weighted by molar-refractivity contribution is 6.05. The molecule has 2 amide bonds. The molecule has 0 fully saturated rings. The van der Waals surface area contributed by atoms with Crippen LogP contribution in [0.15, 0.2) is 77.2 Å². The number of hydrogen-bond acceptors (Lipinski definition) is 6. The number of nitrogens with two attached hydrogens (primary N) is 1. The molecule has 0 atom stereocenters. The average Bonchev–Trinajstić information content (AvgIpc) is 3.27. The van der Waals surface area contributed by atoms with Crippen LogP contribution in [0.2, 0.25) is 0 Å². The van der Waals surface area contributed by atoms with E-state index in [9.17, 15) is 9.59 Å². The smallest absolute Gasteiger partial charge is 0.287 e. The van der Waals surface area contributed by atoms with Gasteiger partial charge in [0, 0.05) is 17.5 Å². The van der Waals surface area contributed by atoms with Crippen LogP contribution in [-0.2, 0) is 6.54 Å². The van der Waals surface area contributed by atoms with Crippen molar-refractivity contribution < 1.29 is 18.7 Å². The van der Waals surface area contributed by atoms with Crippen molar-refractivity contribution in [2.45, 2.75) is 6.54 Å². The summed E-state index contributed by atoms with van der Waals surface area (Å²) in [6.07, 6.45) is 0. The van der Waals surface area contributed by atoms with Crippen molar-refractivity contribution in [1.82, 2.24) is 10.2 Å². The molecule has 180 valence electrons. The maximum absolute atomic E-state index is 12.5. The fourth-order valence-corrected chi connectivity index (χ4v) is 3.58. The van der Waals surface area contributed by atoms with E-state index in [0.29, 0.717) is 34.8 Å². The average molecular weight is 473 g/mol. The molecule has 0 bridgehead atoms. The Bertz CT molecular complexity index is 1330. The quantitative estimate of drug-likeness (QED) is 0.250. The van der Waals surface area contributed by atoms with Gasteiger partial charge < -0.3 is 30.4 Å². The van der Waals surface area contributed by atoms with Gasteiger partial charge in [-0.05, 0) is 68.2 Å². The minimum absolute atomic E-state index is 0.261. The fourth-order valence-electron chi connectivity index (χ4n) is 3.58. The van der Waals surface area contributed by atoms with Gasteiger partial charge in [-0.2, -0.15) is 0 Å². The van der Waals surface area contributed by atoms with Gasteiger partial charge in [0.2, 0.25) is 0 Å². The number of nitrogen functional groups attached to an aromatic ring is 1. The van der Waals surface area contributed by atoms with Gasteiger partial charge in [-0.1, -0.05) is 24.3 Å². The maximum atomic E-state index is 12.5. The molecule has 35 heavy (non-hydrogen) atoms. The van der Waals surface area contributed by atoms with Crippen LogP contribution in [0.3, 0.4) is 0 Å². The molecule has 8 nitrogen and oxygen atoms in total. The molecule has 0 radical (unpaired) electrons. The number of anilines is 2. The highest BCUT2D eigenvalue weighted by Gasteiger charge is 2.13. The second-order valence-corrected chi connectivity index (χ2v) is 8.39. The Kier molecular flexibility index (Phi) is 7.32. The van der Waals surface area contributed by atoms with Crippen LogP contribution in [0.25, 0.3) is 11.0 Å². The summed E-state index contributed by atoms with van der Waals surface area (Å²) in [5, 5.41) is 6.46. The second-order valence-electron chi connectivity index (χ2n) is 8.39. The van der Waals surface area contributed by atoms with E-state index in [1.54, 1.807) is 54.6 Å². The number of amides is 2. The van der Waals surface area contributed by atoms with Crippen LogP contribution in [0, 0.1) is 0 Å². The minimum Gasteiger partial charge on any atom is -0.492 e. The third-order valence-corrected chi connectivity index (χ3v) is 5.29. The van der Waals surface area contributed by atoms with Crippen molar-refractivity contribution in [1.29, 1.82) is 0 Å². The van der Waals surface area contributed by atoms with Crippen molar-refractivity contribution in [2.24, 2.45) is 0 Å². The Labute approximate surface area is 203 Å². The number of ether oxygens (including phenoxy) is 1. The zero-order valence-corrected chi connectivity index (χ0v) is 19.7. The number of benzene rings is 3. The third-order valence-electron chi connectivity index (χ3n) is 5.29. The number of rotatable bonds is 9. The number of nitrogens with one attached hydrogen (secondary N) is 2. The molecule has 4 rings (SSSR count). The van der Waals surface area contributed by atoms with Crippen molar-refractivity contribution >= 4 is 34.2 Å². The highest BCUT2D eigenvalue weighted by Crippen LogP contribution is 2.22. The molecule has 8 heteroatoms. The highest BCUT2D eigenvalue weighted by atomic mass is 16.5. The summed E-state index contributed by atoms with van der Waals surface area (Å²) >= 11 is 0. The van der Waals surface area contributed by atoms with Crippen molar-refractivity contribution in [2.75, 3.05) is 38.3 Å². The van der Waals surface area contributed by atoms with Crippen LogP contribution in [0.4, 0.5) is 11.4 Å². The van der Waals surface area contributed by atoms with E-state index in [0.717, 1.165) is 17.5 Å². The molecule has 0 spiro atoms. The zero-order chi connectivity index (χ0) is 24.8. The summed E-state index contributed by atoms with van der Waals surface area (Å²) < 4.78 is 11.4. The van der Waals surface area contributed by atoms with E-state index in [4.69, 9.17) is 14.9 Å². The predicted molar refractivity (Wildman–Crippen MR) is 137 cm³/mol. The Morgan fingerprint density at radius 2 is 1.74 bits per heavy atom. The summed E-state index contributed by atoms with van der Waals surface area (Å²) in [6, 6.07) is 21.5. The van der Waals surface area contributed by atoms with Crippen molar-refractivity contribution in [3.05, 3.63) is 89.7 Å². The van der Waals surface area contributed by atoms with Crippen LogP contribution < -0.4 is 21.1 Å². The number of nitrogens with zero attached hydrogens (tertiary/aromatic N) is 1. The second kappa shape index (κ2) is 10.8. The van der Waals surface area contributed by atoms with Gasteiger partial charge >= 0.3 is 0 Å². The lowest BCUT2D eigenvalue weighted by Crippen LogP contribution is -2.27. The topological polar surface area (TPSA) is 110 Å². The summed E-state index contributed by atoms with van der Waals surface area (Å²) in [5.74, 6) is 0.288. The fraction of sp³-hybridized carbons (Fsp3) is 0.185. The lowest BCUT2D eigenvalue weighted by Gasteiger charge is -2.09. The van der Waals surface area contributed by atoms with Gasteiger partial charge in [0.1, 0.15) is 17.9 Å². The minimum atomic E-state index is -0.300. The SMILES string of the molecule is CN(C)Cc1ccc2cc(C(=O)NCCOc3ccc(C(=O)Nc4ccccc4N)cc3)oc2c1. The summed E-state index contributed by atoms with van der Waals surface area (Å²) in [4.78, 5) is 26.9. The molecule has 0 saturated heterocycles. The molecule has 0 aliphatic carbocycles. The Morgan fingerprint density at radius 1 is 0.971 bits per heavy atom. The van der Waals surface area contributed by atoms with Gasteiger partial charge in [0.15, 0.2) is 5.76 Å². The lowest BCUT2D eigenvalue weighted by molar-refractivity contribution is 0.0920. The summed E-state index contributed by atoms with van der Waals surface area (Å²) in [7, 11) is 4.00. The summed E-state index contributed by atoms with van der Waals surface area (Å²) in [6.45, 7) is 1.37. The lowest BCUT2D eigenvalue weighted by atomic mass is 10.1. The van der Waals surface area contributed by atoms with Crippen molar-refractivity contribution in [3.63, 3.8) is 0 Å². The molecule has 4 aromatic rings. The molecule has 1 aromatic heterocycles. The van der Waals surface area contributed by atoms with E-state index in [2.05, 4.69) is 15.5 Å². The first kappa shape index (κ1) is 23.8. The van der Waals surface area contributed by atoms with E-state index in [-0.39, 0.29) is 24.2 Å². The van der Waals surface area contributed by atoms with Crippen LogP contribution >= 0.6 is 0 Å². The van der Waals surface area contributed by atoms with Gasteiger partial charge in [-0.15, -0.1) is 0 Å². The third kappa shape index (κ3) is 6.18. The van der Waals surface area contributed by atoms with E-state index < -0.39 is 0 Å². The van der Waals surface area contributed by atoms with Gasteiger partial charge in [-0.3, -0.25) is 9.59 Å². The van der Waals surface area contributed by atoms with Crippen LogP contribution in [0.1, 0.15) is 26.5 Å². The monoisotopic (exact) mass is 472 g/mol. The normalized spacial score (nSPS) is 10.9. The number of carbonyl (C=O) groups excluding carboxylic acids is 2. The molecule has 0 aliphatic heterocycles. The Balaban J connectivity index is 1.25. The largest absolute Gasteiger partial charge is 0.492 e. The molecule has 4 N–H and O–H groups in total. The van der Waals surface area contributed by atoms with E-state index >= 15 is 0 Å². The standard InChI is InChI=1S/C27H28N4O4/c1-31(2)17-18-7-8-20-16-25(35-24(20)15-18)27(33)29-13-14-34-21-11-9-19(10-12-21)26(32)30-23-6-4-3-5-22(23)28/h3-12,15-16H,13-14,17,28H2,1-2H3,(H,29,33)(H,30,32). The number of carbonyl (C=O) groups is 2. The first-order chi connectivity index (χ1) is 16.9. The van der Waals surface area contributed by atoms with Gasteiger partial charge in [0.25, 0.3) is 11.8 Å². The van der Waals surface area contributed by atoms with Crippen LogP contribution in [-0.4, -0.2) is 44.0 Å². The maximum Gasteiger partial charge on any atom is 0.287 e. The number of fused-ring (bicyclic) bond motifs is 1. The zero-order valence-electron chi connectivity index (χ0n) is 19.7. The van der Waals surface area contributed by atoms with E-state index in [1.807, 2.05) is 32.3 Å². The van der Waals surface area contributed by atoms with Crippen molar-refractivity contribution in [3.8, 4) is 5.75 Å². The van der Waals surface area contributed by atoms with Gasteiger partial charge in [0.05, 0.1) is 17.9 Å².